The summed E-state index contributed by atoms with van der Waals surface area (Å²) in [6, 6.07) is 8.26. The number of aryl methyl sites for hydroxylation is 1. The average Bonchev–Trinajstić information content (AvgIpc) is 2.88. The van der Waals surface area contributed by atoms with Crippen LogP contribution in [0.2, 0.25) is 0 Å². The molecule has 0 amide bonds. The van der Waals surface area contributed by atoms with Gasteiger partial charge in [0.15, 0.2) is 0 Å². The number of ether oxygens (including phenoxy) is 1. The van der Waals surface area contributed by atoms with E-state index in [4.69, 9.17) is 17.0 Å². The summed E-state index contributed by atoms with van der Waals surface area (Å²) in [5.41, 5.74) is 2.43. The summed E-state index contributed by atoms with van der Waals surface area (Å²) in [6.07, 6.45) is 4.02. The minimum Gasteiger partial charge on any atom is -0.379 e. The summed E-state index contributed by atoms with van der Waals surface area (Å²) >= 11 is 5.33. The molecule has 1 aliphatic rings. The normalized spacial score (nSPS) is 16.4. The number of aromatic nitrogens is 3. The second-order valence-corrected chi connectivity index (χ2v) is 5.75. The fraction of sp³-hybridized carbons (Fsp3) is 0.375. The van der Waals surface area contributed by atoms with Crippen LogP contribution in [0.4, 0.5) is 0 Å². The van der Waals surface area contributed by atoms with Crippen LogP contribution in [-0.4, -0.2) is 46.0 Å². The van der Waals surface area contributed by atoms with Gasteiger partial charge in [-0.25, -0.2) is 4.68 Å². The van der Waals surface area contributed by atoms with Gasteiger partial charge in [0.1, 0.15) is 5.82 Å². The standard InChI is InChI=1S/C16H20N4OS/c1-13-4-2-3-5-14(13)6-7-15-17-16(22)20(18-15)12-19-8-10-21-11-9-19/h2-7H,8-12H2,1H3,(H,17,18,22). The molecular weight excluding hydrogens is 296 g/mol. The molecular formula is C16H20N4OS. The van der Waals surface area contributed by atoms with Gasteiger partial charge >= 0.3 is 0 Å². The van der Waals surface area contributed by atoms with Crippen molar-refractivity contribution in [1.82, 2.24) is 19.7 Å². The van der Waals surface area contributed by atoms with E-state index in [1.54, 1.807) is 0 Å². The first kappa shape index (κ1) is 15.1. The Hall–Kier alpha value is -1.76. The van der Waals surface area contributed by atoms with E-state index in [1.165, 1.54) is 11.1 Å². The maximum Gasteiger partial charge on any atom is 0.217 e. The second kappa shape index (κ2) is 7.00. The van der Waals surface area contributed by atoms with Gasteiger partial charge in [0.2, 0.25) is 4.77 Å². The van der Waals surface area contributed by atoms with E-state index in [-0.39, 0.29) is 0 Å². The highest BCUT2D eigenvalue weighted by molar-refractivity contribution is 7.71. The summed E-state index contributed by atoms with van der Waals surface area (Å²) in [6.45, 7) is 6.24. The first-order chi connectivity index (χ1) is 10.7. The molecule has 1 aliphatic heterocycles. The zero-order valence-corrected chi connectivity index (χ0v) is 13.5. The fourth-order valence-electron chi connectivity index (χ4n) is 2.43. The molecule has 1 N–H and O–H groups in total. The SMILES string of the molecule is Cc1ccccc1C=Cc1nc(=S)n(CN2CCOCC2)[nH]1. The van der Waals surface area contributed by atoms with Crippen molar-refractivity contribution in [2.75, 3.05) is 26.3 Å². The molecule has 0 radical (unpaired) electrons. The number of rotatable bonds is 4. The van der Waals surface area contributed by atoms with Crippen LogP contribution < -0.4 is 0 Å². The van der Waals surface area contributed by atoms with E-state index in [0.717, 1.165) is 38.8 Å². The van der Waals surface area contributed by atoms with Gasteiger partial charge in [0.25, 0.3) is 0 Å². The quantitative estimate of drug-likeness (QED) is 0.881. The Labute approximate surface area is 135 Å². The molecule has 2 heterocycles. The molecule has 3 rings (SSSR count). The molecule has 22 heavy (non-hydrogen) atoms. The third-order valence-corrected chi connectivity index (χ3v) is 4.06. The van der Waals surface area contributed by atoms with Gasteiger partial charge in [-0.3, -0.25) is 10.00 Å². The summed E-state index contributed by atoms with van der Waals surface area (Å²) < 4.78 is 7.84. The molecule has 0 aliphatic carbocycles. The number of hydrogen-bond acceptors (Lipinski definition) is 4. The van der Waals surface area contributed by atoms with Gasteiger partial charge in [0, 0.05) is 13.1 Å². The number of H-pyrrole nitrogens is 1. The molecule has 1 aromatic carbocycles. The van der Waals surface area contributed by atoms with Crippen molar-refractivity contribution in [1.29, 1.82) is 0 Å². The van der Waals surface area contributed by atoms with Crippen LogP contribution >= 0.6 is 12.2 Å². The highest BCUT2D eigenvalue weighted by Crippen LogP contribution is 2.11. The summed E-state index contributed by atoms with van der Waals surface area (Å²) in [5, 5.41) is 3.25. The molecule has 1 fully saturated rings. The number of benzene rings is 1. The lowest BCUT2D eigenvalue weighted by Crippen LogP contribution is -2.37. The third-order valence-electron chi connectivity index (χ3n) is 3.75. The van der Waals surface area contributed by atoms with Crippen LogP contribution in [0.25, 0.3) is 12.2 Å². The van der Waals surface area contributed by atoms with Crippen molar-refractivity contribution in [3.8, 4) is 0 Å². The fourth-order valence-corrected chi connectivity index (χ4v) is 2.63. The van der Waals surface area contributed by atoms with E-state index in [9.17, 15) is 0 Å². The number of nitrogens with zero attached hydrogens (tertiary/aromatic N) is 3. The lowest BCUT2D eigenvalue weighted by molar-refractivity contribution is 0.0210. The number of hydrogen-bond donors (Lipinski definition) is 1. The molecule has 6 heteroatoms. The highest BCUT2D eigenvalue weighted by Gasteiger charge is 2.11. The zero-order chi connectivity index (χ0) is 15.4. The minimum absolute atomic E-state index is 0.580. The maximum atomic E-state index is 5.36. The first-order valence-corrected chi connectivity index (χ1v) is 7.84. The Morgan fingerprint density at radius 3 is 2.82 bits per heavy atom. The predicted octanol–water partition coefficient (Wildman–Crippen LogP) is 2.71. The molecule has 5 nitrogen and oxygen atoms in total. The van der Waals surface area contributed by atoms with Gasteiger partial charge in [-0.05, 0) is 36.3 Å². The Bertz CT molecular complexity index is 713. The predicted molar refractivity (Wildman–Crippen MR) is 89.9 cm³/mol. The molecule has 2 aromatic rings. The Kier molecular flexibility index (Phi) is 4.82. The molecule has 1 saturated heterocycles. The van der Waals surface area contributed by atoms with Crippen molar-refractivity contribution < 1.29 is 4.74 Å². The summed E-state index contributed by atoms with van der Waals surface area (Å²) in [7, 11) is 0. The molecule has 0 saturated carbocycles. The van der Waals surface area contributed by atoms with Crippen LogP contribution in [-0.2, 0) is 11.4 Å². The van der Waals surface area contributed by atoms with Gasteiger partial charge < -0.3 is 4.74 Å². The Morgan fingerprint density at radius 1 is 1.27 bits per heavy atom. The Morgan fingerprint density at radius 2 is 2.05 bits per heavy atom. The lowest BCUT2D eigenvalue weighted by Gasteiger charge is -2.26. The number of morpholine rings is 1. The van der Waals surface area contributed by atoms with Crippen LogP contribution in [0.5, 0.6) is 0 Å². The van der Waals surface area contributed by atoms with Crippen molar-refractivity contribution in [3.63, 3.8) is 0 Å². The average molecular weight is 316 g/mol. The Balaban J connectivity index is 1.72. The van der Waals surface area contributed by atoms with E-state index in [2.05, 4.69) is 40.1 Å². The van der Waals surface area contributed by atoms with Crippen LogP contribution in [0.3, 0.4) is 0 Å². The maximum absolute atomic E-state index is 5.36. The van der Waals surface area contributed by atoms with Crippen LogP contribution in [0.15, 0.2) is 24.3 Å². The largest absolute Gasteiger partial charge is 0.379 e. The molecule has 116 valence electrons. The van der Waals surface area contributed by atoms with E-state index >= 15 is 0 Å². The first-order valence-electron chi connectivity index (χ1n) is 7.43. The topological polar surface area (TPSA) is 46.1 Å². The second-order valence-electron chi connectivity index (χ2n) is 5.38. The van der Waals surface area contributed by atoms with Gasteiger partial charge in [-0.15, -0.1) is 0 Å². The molecule has 0 spiro atoms. The zero-order valence-electron chi connectivity index (χ0n) is 12.7. The number of nitrogens with one attached hydrogen (secondary N) is 1. The van der Waals surface area contributed by atoms with Gasteiger partial charge in [-0.2, -0.15) is 4.98 Å². The molecule has 0 atom stereocenters. The van der Waals surface area contributed by atoms with Gasteiger partial charge in [0.05, 0.1) is 19.9 Å². The smallest absolute Gasteiger partial charge is 0.217 e. The van der Waals surface area contributed by atoms with Crippen molar-refractivity contribution in [2.24, 2.45) is 0 Å². The van der Waals surface area contributed by atoms with Crippen LogP contribution in [0, 0.1) is 11.7 Å². The van der Waals surface area contributed by atoms with Crippen LogP contribution in [0.1, 0.15) is 17.0 Å². The number of aromatic amines is 1. The van der Waals surface area contributed by atoms with E-state index in [1.807, 2.05) is 22.9 Å². The third kappa shape index (κ3) is 3.71. The van der Waals surface area contributed by atoms with Gasteiger partial charge in [-0.1, -0.05) is 30.3 Å². The van der Waals surface area contributed by atoms with E-state index in [0.29, 0.717) is 4.77 Å². The summed E-state index contributed by atoms with van der Waals surface area (Å²) in [5.74, 6) is 0.779. The monoisotopic (exact) mass is 316 g/mol. The summed E-state index contributed by atoms with van der Waals surface area (Å²) in [4.78, 5) is 6.70. The van der Waals surface area contributed by atoms with E-state index < -0.39 is 0 Å². The molecule has 0 unspecified atom stereocenters. The lowest BCUT2D eigenvalue weighted by atomic mass is 10.1. The highest BCUT2D eigenvalue weighted by atomic mass is 32.1. The molecule has 1 aromatic heterocycles. The molecule has 0 bridgehead atoms. The van der Waals surface area contributed by atoms with Crippen molar-refractivity contribution in [2.45, 2.75) is 13.6 Å². The van der Waals surface area contributed by atoms with Crippen molar-refractivity contribution in [3.05, 3.63) is 46.0 Å². The minimum atomic E-state index is 0.580. The van der Waals surface area contributed by atoms with Crippen molar-refractivity contribution >= 4 is 24.4 Å².